The van der Waals surface area contributed by atoms with Gasteiger partial charge in [-0.3, -0.25) is 4.79 Å². The molecule has 1 N–H and O–H groups in total. The molecule has 1 unspecified atom stereocenters. The van der Waals surface area contributed by atoms with Gasteiger partial charge in [0.15, 0.2) is 0 Å². The van der Waals surface area contributed by atoms with Crippen LogP contribution in [0.2, 0.25) is 0 Å². The highest BCUT2D eigenvalue weighted by Gasteiger charge is 2.28. The third-order valence-corrected chi connectivity index (χ3v) is 2.81. The largest absolute Gasteiger partial charge is 0.481 e. The van der Waals surface area contributed by atoms with E-state index in [0.717, 1.165) is 23.4 Å². The number of nitrogens with zero attached hydrogens (tertiary/aromatic N) is 1. The van der Waals surface area contributed by atoms with Gasteiger partial charge < -0.3 is 9.63 Å². The first-order valence-electron chi connectivity index (χ1n) is 4.91. The topological polar surface area (TPSA) is 63.3 Å². The minimum Gasteiger partial charge on any atom is -0.481 e. The van der Waals surface area contributed by atoms with E-state index in [-0.39, 0.29) is 5.92 Å². The summed E-state index contributed by atoms with van der Waals surface area (Å²) in [7, 11) is 0. The lowest BCUT2D eigenvalue weighted by molar-refractivity contribution is -0.142. The van der Waals surface area contributed by atoms with Crippen LogP contribution in [-0.2, 0) is 24.1 Å². The lowest BCUT2D eigenvalue weighted by atomic mass is 9.86. The number of hydrogen-bond acceptors (Lipinski definition) is 3. The fourth-order valence-corrected chi connectivity index (χ4v) is 1.95. The van der Waals surface area contributed by atoms with Gasteiger partial charge in [-0.1, -0.05) is 12.1 Å². The van der Waals surface area contributed by atoms with Crippen molar-refractivity contribution in [2.24, 2.45) is 5.92 Å². The third kappa shape index (κ3) is 1.41. The first kappa shape index (κ1) is 9.24. The van der Waals surface area contributed by atoms with Crippen LogP contribution in [0.15, 0.2) is 4.52 Å². The van der Waals surface area contributed by atoms with E-state index in [1.807, 2.05) is 6.92 Å². The Kier molecular flexibility index (Phi) is 2.27. The molecule has 0 aromatic carbocycles. The lowest BCUT2D eigenvalue weighted by Crippen LogP contribution is -2.21. The number of carboxylic acid groups (broad SMARTS) is 1. The Hall–Kier alpha value is -1.32. The summed E-state index contributed by atoms with van der Waals surface area (Å²) in [4.78, 5) is 10.8. The summed E-state index contributed by atoms with van der Waals surface area (Å²) < 4.78 is 5.16. The molecule has 14 heavy (non-hydrogen) atoms. The summed E-state index contributed by atoms with van der Waals surface area (Å²) in [6.07, 6.45) is 2.77. The van der Waals surface area contributed by atoms with Crippen molar-refractivity contribution in [3.05, 3.63) is 17.0 Å². The molecule has 0 saturated carbocycles. The fourth-order valence-electron chi connectivity index (χ4n) is 1.95. The molecule has 0 aliphatic heterocycles. The second-order valence-corrected chi connectivity index (χ2v) is 3.66. The average molecular weight is 195 g/mol. The van der Waals surface area contributed by atoms with Gasteiger partial charge in [-0.15, -0.1) is 0 Å². The minimum atomic E-state index is -0.709. The molecule has 4 nitrogen and oxygen atoms in total. The zero-order valence-electron chi connectivity index (χ0n) is 8.12. The van der Waals surface area contributed by atoms with Crippen LogP contribution in [0.25, 0.3) is 0 Å². The van der Waals surface area contributed by atoms with Crippen LogP contribution in [0, 0.1) is 5.92 Å². The molecule has 1 aliphatic rings. The standard InChI is InChI=1S/C10H13NO3/c1-2-8-7-5-6(10(12)13)3-4-9(7)14-11-8/h6H,2-5H2,1H3,(H,12,13). The van der Waals surface area contributed by atoms with Gasteiger partial charge in [0.25, 0.3) is 0 Å². The smallest absolute Gasteiger partial charge is 0.306 e. The highest BCUT2D eigenvalue weighted by Crippen LogP contribution is 2.28. The molecule has 0 spiro atoms. The van der Waals surface area contributed by atoms with Crippen molar-refractivity contribution in [3.8, 4) is 0 Å². The van der Waals surface area contributed by atoms with Crippen molar-refractivity contribution < 1.29 is 14.4 Å². The van der Waals surface area contributed by atoms with E-state index in [4.69, 9.17) is 9.63 Å². The summed E-state index contributed by atoms with van der Waals surface area (Å²) in [5, 5.41) is 12.9. The monoisotopic (exact) mass is 195 g/mol. The molecule has 0 fully saturated rings. The molecule has 76 valence electrons. The Bertz CT molecular complexity index is 343. The first-order chi connectivity index (χ1) is 6.72. The molecular formula is C10H13NO3. The Morgan fingerprint density at radius 2 is 2.50 bits per heavy atom. The predicted octanol–water partition coefficient (Wildman–Crippen LogP) is 1.43. The quantitative estimate of drug-likeness (QED) is 0.775. The number of hydrogen-bond donors (Lipinski definition) is 1. The van der Waals surface area contributed by atoms with Crippen LogP contribution in [0.4, 0.5) is 0 Å². The van der Waals surface area contributed by atoms with Crippen LogP contribution >= 0.6 is 0 Å². The van der Waals surface area contributed by atoms with Crippen molar-refractivity contribution in [1.82, 2.24) is 5.16 Å². The van der Waals surface area contributed by atoms with E-state index in [1.165, 1.54) is 0 Å². The van der Waals surface area contributed by atoms with Gasteiger partial charge in [0, 0.05) is 12.0 Å². The summed E-state index contributed by atoms with van der Waals surface area (Å²) in [6, 6.07) is 0. The van der Waals surface area contributed by atoms with Gasteiger partial charge in [-0.25, -0.2) is 0 Å². The van der Waals surface area contributed by atoms with Gasteiger partial charge in [0.2, 0.25) is 0 Å². The maximum Gasteiger partial charge on any atom is 0.306 e. The van der Waals surface area contributed by atoms with E-state index in [2.05, 4.69) is 5.16 Å². The van der Waals surface area contributed by atoms with Gasteiger partial charge in [-0.2, -0.15) is 0 Å². The van der Waals surface area contributed by atoms with Crippen molar-refractivity contribution in [3.63, 3.8) is 0 Å². The zero-order chi connectivity index (χ0) is 10.1. The van der Waals surface area contributed by atoms with Crippen LogP contribution in [-0.4, -0.2) is 16.2 Å². The van der Waals surface area contributed by atoms with Crippen LogP contribution < -0.4 is 0 Å². The van der Waals surface area contributed by atoms with E-state index in [0.29, 0.717) is 19.3 Å². The highest BCUT2D eigenvalue weighted by atomic mass is 16.5. The number of carbonyl (C=O) groups is 1. The molecule has 1 aromatic heterocycles. The summed E-state index contributed by atoms with van der Waals surface area (Å²) in [6.45, 7) is 2.00. The van der Waals surface area contributed by atoms with E-state index in [9.17, 15) is 4.79 Å². The van der Waals surface area contributed by atoms with Gasteiger partial charge in [-0.05, 0) is 19.3 Å². The van der Waals surface area contributed by atoms with Crippen molar-refractivity contribution in [2.45, 2.75) is 32.6 Å². The maximum absolute atomic E-state index is 10.8. The normalized spacial score (nSPS) is 20.5. The molecule has 2 rings (SSSR count). The van der Waals surface area contributed by atoms with Crippen LogP contribution in [0.3, 0.4) is 0 Å². The maximum atomic E-state index is 10.8. The number of carboxylic acids is 1. The van der Waals surface area contributed by atoms with E-state index < -0.39 is 5.97 Å². The lowest BCUT2D eigenvalue weighted by Gasteiger charge is -2.16. The SMILES string of the molecule is CCc1noc2c1CC(C(=O)O)CC2. The molecule has 0 saturated heterocycles. The number of rotatable bonds is 2. The zero-order valence-corrected chi connectivity index (χ0v) is 8.12. The van der Waals surface area contributed by atoms with E-state index in [1.54, 1.807) is 0 Å². The summed E-state index contributed by atoms with van der Waals surface area (Å²) in [5.41, 5.74) is 1.96. The van der Waals surface area contributed by atoms with Gasteiger partial charge in [0.1, 0.15) is 5.76 Å². The molecule has 1 aromatic rings. The van der Waals surface area contributed by atoms with E-state index >= 15 is 0 Å². The molecule has 4 heteroatoms. The van der Waals surface area contributed by atoms with Crippen LogP contribution in [0.1, 0.15) is 30.4 Å². The molecular weight excluding hydrogens is 182 g/mol. The molecule has 0 bridgehead atoms. The highest BCUT2D eigenvalue weighted by molar-refractivity contribution is 5.71. The minimum absolute atomic E-state index is 0.257. The Morgan fingerprint density at radius 3 is 3.14 bits per heavy atom. The Morgan fingerprint density at radius 1 is 1.71 bits per heavy atom. The molecule has 1 heterocycles. The van der Waals surface area contributed by atoms with Crippen molar-refractivity contribution in [2.75, 3.05) is 0 Å². The second-order valence-electron chi connectivity index (χ2n) is 3.66. The van der Waals surface area contributed by atoms with Crippen LogP contribution in [0.5, 0.6) is 0 Å². The summed E-state index contributed by atoms with van der Waals surface area (Å²) in [5.74, 6) is -0.0783. The third-order valence-electron chi connectivity index (χ3n) is 2.81. The summed E-state index contributed by atoms with van der Waals surface area (Å²) >= 11 is 0. The van der Waals surface area contributed by atoms with Gasteiger partial charge >= 0.3 is 5.97 Å². The number of aromatic nitrogens is 1. The fraction of sp³-hybridized carbons (Fsp3) is 0.600. The van der Waals surface area contributed by atoms with Crippen molar-refractivity contribution in [1.29, 1.82) is 0 Å². The number of aryl methyl sites for hydroxylation is 2. The number of fused-ring (bicyclic) bond motifs is 1. The Labute approximate surface area is 81.9 Å². The first-order valence-corrected chi connectivity index (χ1v) is 4.91. The molecule has 1 aliphatic carbocycles. The Balaban J connectivity index is 2.27. The molecule has 0 amide bonds. The van der Waals surface area contributed by atoms with Crippen molar-refractivity contribution >= 4 is 5.97 Å². The number of aliphatic carboxylic acids is 1. The second kappa shape index (κ2) is 3.44. The van der Waals surface area contributed by atoms with Gasteiger partial charge in [0.05, 0.1) is 11.6 Å². The predicted molar refractivity (Wildman–Crippen MR) is 49.0 cm³/mol. The molecule has 0 radical (unpaired) electrons. The molecule has 1 atom stereocenters. The average Bonchev–Trinajstić information content (AvgIpc) is 2.59.